The molecule has 27 heavy (non-hydrogen) atoms. The molecule has 2 heterocycles. The Morgan fingerprint density at radius 2 is 1.70 bits per heavy atom. The summed E-state index contributed by atoms with van der Waals surface area (Å²) in [4.78, 5) is 8.54. The average molecular weight is 380 g/mol. The van der Waals surface area contributed by atoms with Gasteiger partial charge in [-0.3, -0.25) is 4.72 Å². The summed E-state index contributed by atoms with van der Waals surface area (Å²) >= 11 is 0. The number of fused-ring (bicyclic) bond motifs is 1. The van der Waals surface area contributed by atoms with Gasteiger partial charge in [0, 0.05) is 23.1 Å². The number of hydrogen-bond donors (Lipinski definition) is 2. The van der Waals surface area contributed by atoms with E-state index in [1.165, 1.54) is 6.33 Å². The minimum Gasteiger partial charge on any atom is -0.340 e. The van der Waals surface area contributed by atoms with E-state index in [0.29, 0.717) is 17.3 Å². The fourth-order valence-corrected chi connectivity index (χ4v) is 3.66. The molecule has 4 rings (SSSR count). The van der Waals surface area contributed by atoms with Crippen molar-refractivity contribution in [2.45, 2.75) is 11.8 Å². The van der Waals surface area contributed by atoms with Gasteiger partial charge in [-0.1, -0.05) is 18.2 Å². The molecule has 0 atom stereocenters. The van der Waals surface area contributed by atoms with Crippen LogP contribution in [0.25, 0.3) is 5.78 Å². The molecular weight excluding hydrogens is 364 g/mol. The predicted octanol–water partition coefficient (Wildman–Crippen LogP) is 2.98. The SMILES string of the molecule is Cc1cc(Nc2ccc(S(=O)(=O)Nc3ccccc3)cc2)n2ncnc2n1. The number of rotatable bonds is 5. The number of nitrogens with one attached hydrogen (secondary N) is 2. The summed E-state index contributed by atoms with van der Waals surface area (Å²) in [7, 11) is -3.65. The first-order valence-electron chi connectivity index (χ1n) is 8.14. The highest BCUT2D eigenvalue weighted by Gasteiger charge is 2.14. The van der Waals surface area contributed by atoms with Crippen LogP contribution in [0.5, 0.6) is 0 Å². The fraction of sp³-hybridized carbons (Fsp3) is 0.0556. The van der Waals surface area contributed by atoms with E-state index in [1.54, 1.807) is 53.0 Å². The van der Waals surface area contributed by atoms with Crippen LogP contribution in [0, 0.1) is 6.92 Å². The first kappa shape index (κ1) is 17.0. The molecule has 0 amide bonds. The minimum absolute atomic E-state index is 0.175. The summed E-state index contributed by atoms with van der Waals surface area (Å²) in [5.74, 6) is 1.18. The summed E-state index contributed by atoms with van der Waals surface area (Å²) in [5, 5.41) is 7.34. The summed E-state index contributed by atoms with van der Waals surface area (Å²) in [6.07, 6.45) is 1.43. The molecule has 0 aliphatic heterocycles. The number of hydrogen-bond acceptors (Lipinski definition) is 6. The van der Waals surface area contributed by atoms with E-state index >= 15 is 0 Å². The largest absolute Gasteiger partial charge is 0.340 e. The van der Waals surface area contributed by atoms with Gasteiger partial charge in [0.25, 0.3) is 15.8 Å². The smallest absolute Gasteiger partial charge is 0.261 e. The molecule has 0 aliphatic rings. The first-order valence-corrected chi connectivity index (χ1v) is 9.62. The maximum Gasteiger partial charge on any atom is 0.261 e. The van der Waals surface area contributed by atoms with Crippen LogP contribution < -0.4 is 10.0 Å². The van der Waals surface area contributed by atoms with Crippen LogP contribution in [0.2, 0.25) is 0 Å². The first-order chi connectivity index (χ1) is 13.0. The molecule has 0 unspecified atom stereocenters. The quantitative estimate of drug-likeness (QED) is 0.552. The summed E-state index contributed by atoms with van der Waals surface area (Å²) in [5.41, 5.74) is 2.03. The molecule has 0 fully saturated rings. The Hall–Kier alpha value is -3.46. The van der Waals surface area contributed by atoms with Crippen LogP contribution in [0.4, 0.5) is 17.2 Å². The third-order valence-electron chi connectivity index (χ3n) is 3.84. The molecule has 0 spiro atoms. The second-order valence-corrected chi connectivity index (χ2v) is 7.56. The molecule has 136 valence electrons. The standard InChI is InChI=1S/C18H16N6O2S/c1-13-11-17(24-18(21-13)19-12-20-24)22-14-7-9-16(10-8-14)27(25,26)23-15-5-3-2-4-6-15/h2-12,22-23H,1H3. The van der Waals surface area contributed by atoms with Crippen LogP contribution in [0.15, 0.2) is 71.9 Å². The van der Waals surface area contributed by atoms with E-state index in [-0.39, 0.29) is 4.90 Å². The Balaban J connectivity index is 1.58. The highest BCUT2D eigenvalue weighted by atomic mass is 32.2. The third kappa shape index (κ3) is 3.58. The van der Waals surface area contributed by atoms with E-state index in [2.05, 4.69) is 25.1 Å². The lowest BCUT2D eigenvalue weighted by molar-refractivity contribution is 0.601. The molecular formula is C18H16N6O2S. The zero-order valence-electron chi connectivity index (χ0n) is 14.4. The van der Waals surface area contributed by atoms with Crippen LogP contribution in [-0.2, 0) is 10.0 Å². The Morgan fingerprint density at radius 1 is 0.963 bits per heavy atom. The molecule has 0 aliphatic carbocycles. The van der Waals surface area contributed by atoms with Crippen molar-refractivity contribution in [1.29, 1.82) is 0 Å². The lowest BCUT2D eigenvalue weighted by Crippen LogP contribution is -2.12. The summed E-state index contributed by atoms with van der Waals surface area (Å²) in [6, 6.07) is 17.1. The average Bonchev–Trinajstić information content (AvgIpc) is 3.11. The maximum absolute atomic E-state index is 12.5. The van der Waals surface area contributed by atoms with E-state index in [9.17, 15) is 8.42 Å². The number of aromatic nitrogens is 4. The van der Waals surface area contributed by atoms with Crippen molar-refractivity contribution in [3.8, 4) is 0 Å². The number of nitrogens with zero attached hydrogens (tertiary/aromatic N) is 4. The molecule has 2 aromatic heterocycles. The maximum atomic E-state index is 12.5. The highest BCUT2D eigenvalue weighted by Crippen LogP contribution is 2.21. The zero-order chi connectivity index (χ0) is 18.9. The topological polar surface area (TPSA) is 101 Å². The van der Waals surface area contributed by atoms with Gasteiger partial charge in [-0.25, -0.2) is 13.4 Å². The van der Waals surface area contributed by atoms with Crippen molar-refractivity contribution in [2.75, 3.05) is 10.0 Å². The molecule has 0 saturated heterocycles. The molecule has 4 aromatic rings. The van der Waals surface area contributed by atoms with E-state index < -0.39 is 10.0 Å². The van der Waals surface area contributed by atoms with Gasteiger partial charge in [-0.15, -0.1) is 0 Å². The summed E-state index contributed by atoms with van der Waals surface area (Å²) < 4.78 is 29.1. The summed E-state index contributed by atoms with van der Waals surface area (Å²) in [6.45, 7) is 1.87. The van der Waals surface area contributed by atoms with Gasteiger partial charge in [0.05, 0.1) is 4.90 Å². The second kappa shape index (κ2) is 6.69. The van der Waals surface area contributed by atoms with Crippen LogP contribution in [0.3, 0.4) is 0 Å². The van der Waals surface area contributed by atoms with Crippen molar-refractivity contribution in [1.82, 2.24) is 19.6 Å². The number of sulfonamides is 1. The van der Waals surface area contributed by atoms with E-state index in [1.807, 2.05) is 19.1 Å². The van der Waals surface area contributed by atoms with Gasteiger partial charge in [0.1, 0.15) is 12.1 Å². The van der Waals surface area contributed by atoms with E-state index in [4.69, 9.17) is 0 Å². The zero-order valence-corrected chi connectivity index (χ0v) is 15.2. The van der Waals surface area contributed by atoms with Crippen molar-refractivity contribution in [2.24, 2.45) is 0 Å². The van der Waals surface area contributed by atoms with Crippen molar-refractivity contribution < 1.29 is 8.42 Å². The number of benzene rings is 2. The van der Waals surface area contributed by atoms with Gasteiger partial charge in [0.2, 0.25) is 0 Å². The molecule has 0 radical (unpaired) electrons. The minimum atomic E-state index is -3.65. The Kier molecular flexibility index (Phi) is 4.21. The molecule has 9 heteroatoms. The van der Waals surface area contributed by atoms with Crippen LogP contribution in [0.1, 0.15) is 5.69 Å². The fourth-order valence-electron chi connectivity index (χ4n) is 2.61. The lowest BCUT2D eigenvalue weighted by Gasteiger charge is -2.11. The molecule has 0 saturated carbocycles. The number of para-hydroxylation sites is 1. The highest BCUT2D eigenvalue weighted by molar-refractivity contribution is 7.92. The van der Waals surface area contributed by atoms with Gasteiger partial charge >= 0.3 is 0 Å². The Labute approximate surface area is 156 Å². The lowest BCUT2D eigenvalue weighted by atomic mass is 10.3. The monoisotopic (exact) mass is 380 g/mol. The number of anilines is 3. The third-order valence-corrected chi connectivity index (χ3v) is 5.24. The van der Waals surface area contributed by atoms with Gasteiger partial charge < -0.3 is 5.32 Å². The van der Waals surface area contributed by atoms with Crippen molar-refractivity contribution in [3.63, 3.8) is 0 Å². The van der Waals surface area contributed by atoms with Gasteiger partial charge in [0.15, 0.2) is 0 Å². The normalized spacial score (nSPS) is 11.4. The van der Waals surface area contributed by atoms with Gasteiger partial charge in [-0.2, -0.15) is 14.6 Å². The second-order valence-electron chi connectivity index (χ2n) is 5.88. The molecule has 2 N–H and O–H groups in total. The van der Waals surface area contributed by atoms with Crippen molar-refractivity contribution in [3.05, 3.63) is 72.7 Å². The predicted molar refractivity (Wildman–Crippen MR) is 102 cm³/mol. The van der Waals surface area contributed by atoms with Gasteiger partial charge in [-0.05, 0) is 43.3 Å². The van der Waals surface area contributed by atoms with Crippen molar-refractivity contribution >= 4 is 33.0 Å². The molecule has 2 aromatic carbocycles. The molecule has 0 bridgehead atoms. The Bertz CT molecular complexity index is 1190. The van der Waals surface area contributed by atoms with Crippen LogP contribution in [-0.4, -0.2) is 28.0 Å². The molecule has 8 nitrogen and oxygen atoms in total. The van der Waals surface area contributed by atoms with E-state index in [0.717, 1.165) is 11.4 Å². The Morgan fingerprint density at radius 3 is 2.44 bits per heavy atom. The number of aryl methyl sites for hydroxylation is 1. The van der Waals surface area contributed by atoms with Crippen LogP contribution >= 0.6 is 0 Å².